The predicted molar refractivity (Wildman–Crippen MR) is 82.6 cm³/mol. The van der Waals surface area contributed by atoms with Crippen molar-refractivity contribution in [3.05, 3.63) is 51.7 Å². The van der Waals surface area contributed by atoms with Crippen molar-refractivity contribution in [3.8, 4) is 0 Å². The number of anilines is 1. The number of rotatable bonds is 2. The molecule has 7 heteroatoms. The number of carbonyl (C=O) groups is 3. The molecule has 1 aliphatic rings. The predicted octanol–water partition coefficient (Wildman–Crippen LogP) is 1.71. The van der Waals surface area contributed by atoms with Gasteiger partial charge in [-0.05, 0) is 41.6 Å². The van der Waals surface area contributed by atoms with Crippen LogP contribution in [0.25, 0.3) is 0 Å². The van der Waals surface area contributed by atoms with Crippen molar-refractivity contribution in [3.63, 3.8) is 0 Å². The second-order valence-corrected chi connectivity index (χ2v) is 5.75. The minimum absolute atomic E-state index is 0.0205. The van der Waals surface area contributed by atoms with Crippen LogP contribution >= 0.6 is 11.3 Å². The molecule has 3 rings (SSSR count). The number of amides is 3. The topological polar surface area (TPSA) is 87.3 Å². The van der Waals surface area contributed by atoms with Crippen LogP contribution < -0.4 is 16.2 Å². The summed E-state index contributed by atoms with van der Waals surface area (Å²) in [4.78, 5) is 35.6. The van der Waals surface area contributed by atoms with Gasteiger partial charge in [0.25, 0.3) is 11.8 Å². The average Bonchev–Trinajstić information content (AvgIpc) is 3.06. The first-order valence-corrected chi connectivity index (χ1v) is 7.58. The Kier molecular flexibility index (Phi) is 3.88. The molecule has 0 saturated heterocycles. The van der Waals surface area contributed by atoms with E-state index in [1.807, 2.05) is 0 Å². The Labute approximate surface area is 130 Å². The summed E-state index contributed by atoms with van der Waals surface area (Å²) in [5.41, 5.74) is 6.83. The molecule has 112 valence electrons. The third-order valence-electron chi connectivity index (χ3n) is 3.30. The van der Waals surface area contributed by atoms with E-state index in [0.717, 1.165) is 11.3 Å². The van der Waals surface area contributed by atoms with E-state index in [1.165, 1.54) is 11.3 Å². The second-order valence-electron chi connectivity index (χ2n) is 4.81. The molecule has 1 aliphatic heterocycles. The van der Waals surface area contributed by atoms with Crippen LogP contribution in [-0.4, -0.2) is 17.7 Å². The number of hydrogen-bond donors (Lipinski definition) is 3. The van der Waals surface area contributed by atoms with Crippen molar-refractivity contribution in [2.24, 2.45) is 0 Å². The maximum atomic E-state index is 12.1. The number of carbonyl (C=O) groups excluding carboxylic acids is 3. The van der Waals surface area contributed by atoms with Crippen molar-refractivity contribution in [2.75, 3.05) is 5.32 Å². The lowest BCUT2D eigenvalue weighted by Gasteiger charge is -2.17. The lowest BCUT2D eigenvalue weighted by atomic mass is 10.0. The van der Waals surface area contributed by atoms with Crippen LogP contribution in [0, 0.1) is 0 Å². The summed E-state index contributed by atoms with van der Waals surface area (Å²) in [6, 6.07) is 8.47. The number of hydrogen-bond acceptors (Lipinski definition) is 4. The molecule has 0 unspecified atom stereocenters. The number of benzene rings is 1. The van der Waals surface area contributed by atoms with Gasteiger partial charge in [0, 0.05) is 17.7 Å². The zero-order chi connectivity index (χ0) is 15.5. The molecule has 0 radical (unpaired) electrons. The van der Waals surface area contributed by atoms with Gasteiger partial charge in [0.15, 0.2) is 0 Å². The normalized spacial score (nSPS) is 13.0. The van der Waals surface area contributed by atoms with Crippen LogP contribution in [0.5, 0.6) is 0 Å². The molecule has 3 amide bonds. The molecule has 1 aromatic heterocycles. The third kappa shape index (κ3) is 2.99. The van der Waals surface area contributed by atoms with E-state index >= 15 is 0 Å². The van der Waals surface area contributed by atoms with Crippen LogP contribution in [0.15, 0.2) is 35.7 Å². The van der Waals surface area contributed by atoms with Crippen molar-refractivity contribution in [1.82, 2.24) is 10.9 Å². The Morgan fingerprint density at radius 2 is 1.91 bits per heavy atom. The van der Waals surface area contributed by atoms with Crippen LogP contribution in [0.2, 0.25) is 0 Å². The summed E-state index contributed by atoms with van der Waals surface area (Å²) in [7, 11) is 0. The van der Waals surface area contributed by atoms with Gasteiger partial charge in [0.1, 0.15) is 0 Å². The van der Waals surface area contributed by atoms with Crippen molar-refractivity contribution in [1.29, 1.82) is 0 Å². The SMILES string of the molecule is O=C1CCc2cc(C(=O)NNC(=O)c3cccs3)ccc2N1. The van der Waals surface area contributed by atoms with E-state index in [4.69, 9.17) is 0 Å². The Bertz CT molecular complexity index is 740. The van der Waals surface area contributed by atoms with Gasteiger partial charge in [-0.25, -0.2) is 0 Å². The highest BCUT2D eigenvalue weighted by atomic mass is 32.1. The van der Waals surface area contributed by atoms with Gasteiger partial charge in [-0.1, -0.05) is 6.07 Å². The Morgan fingerprint density at radius 3 is 2.68 bits per heavy atom. The lowest BCUT2D eigenvalue weighted by Crippen LogP contribution is -2.41. The number of nitrogens with one attached hydrogen (secondary N) is 3. The maximum Gasteiger partial charge on any atom is 0.279 e. The fraction of sp³-hybridized carbons (Fsp3) is 0.133. The highest BCUT2D eigenvalue weighted by molar-refractivity contribution is 7.12. The van der Waals surface area contributed by atoms with Gasteiger partial charge in [-0.3, -0.25) is 25.2 Å². The summed E-state index contributed by atoms with van der Waals surface area (Å²) in [5, 5.41) is 4.54. The zero-order valence-corrected chi connectivity index (χ0v) is 12.3. The second kappa shape index (κ2) is 5.98. The lowest BCUT2D eigenvalue weighted by molar-refractivity contribution is -0.116. The van der Waals surface area contributed by atoms with Gasteiger partial charge in [-0.2, -0.15) is 0 Å². The average molecular weight is 315 g/mol. The number of aryl methyl sites for hydroxylation is 1. The van der Waals surface area contributed by atoms with Crippen LogP contribution in [0.1, 0.15) is 32.0 Å². The summed E-state index contributed by atoms with van der Waals surface area (Å²) < 4.78 is 0. The monoisotopic (exact) mass is 315 g/mol. The highest BCUT2D eigenvalue weighted by Gasteiger charge is 2.17. The van der Waals surface area contributed by atoms with Crippen molar-refractivity contribution in [2.45, 2.75) is 12.8 Å². The van der Waals surface area contributed by atoms with Gasteiger partial charge in [-0.15, -0.1) is 11.3 Å². The van der Waals surface area contributed by atoms with Gasteiger partial charge >= 0.3 is 0 Å². The molecular weight excluding hydrogens is 302 g/mol. The molecular formula is C15H13N3O3S. The minimum atomic E-state index is -0.399. The molecule has 6 nitrogen and oxygen atoms in total. The molecule has 0 aliphatic carbocycles. The largest absolute Gasteiger partial charge is 0.326 e. The fourth-order valence-corrected chi connectivity index (χ4v) is 2.80. The van der Waals surface area contributed by atoms with E-state index in [2.05, 4.69) is 16.2 Å². The van der Waals surface area contributed by atoms with E-state index in [9.17, 15) is 14.4 Å². The fourth-order valence-electron chi connectivity index (χ4n) is 2.18. The molecule has 0 fully saturated rings. The number of hydrazine groups is 1. The molecule has 0 atom stereocenters. The van der Waals surface area contributed by atoms with Crippen molar-refractivity contribution >= 4 is 34.7 Å². The van der Waals surface area contributed by atoms with Gasteiger partial charge < -0.3 is 5.32 Å². The van der Waals surface area contributed by atoms with Gasteiger partial charge in [0.2, 0.25) is 5.91 Å². The number of fused-ring (bicyclic) bond motifs is 1. The smallest absolute Gasteiger partial charge is 0.279 e. The molecule has 0 spiro atoms. The number of thiophene rings is 1. The molecule has 2 heterocycles. The molecule has 22 heavy (non-hydrogen) atoms. The molecule has 0 bridgehead atoms. The Morgan fingerprint density at radius 1 is 1.09 bits per heavy atom. The summed E-state index contributed by atoms with van der Waals surface area (Å²) in [6.45, 7) is 0. The molecule has 3 N–H and O–H groups in total. The highest BCUT2D eigenvalue weighted by Crippen LogP contribution is 2.23. The van der Waals surface area contributed by atoms with Crippen LogP contribution in [0.4, 0.5) is 5.69 Å². The van der Waals surface area contributed by atoms with Crippen molar-refractivity contribution < 1.29 is 14.4 Å². The molecule has 0 saturated carbocycles. The van der Waals surface area contributed by atoms with Gasteiger partial charge in [0.05, 0.1) is 4.88 Å². The molecule has 2 aromatic rings. The first-order chi connectivity index (χ1) is 10.6. The zero-order valence-electron chi connectivity index (χ0n) is 11.5. The van der Waals surface area contributed by atoms with Crippen LogP contribution in [0.3, 0.4) is 0 Å². The summed E-state index contributed by atoms with van der Waals surface area (Å²) in [6.07, 6.45) is 1.01. The Balaban J connectivity index is 1.65. The third-order valence-corrected chi connectivity index (χ3v) is 4.17. The molecule has 1 aromatic carbocycles. The quantitative estimate of drug-likeness (QED) is 0.737. The summed E-state index contributed by atoms with van der Waals surface area (Å²) >= 11 is 1.29. The first kappa shape index (κ1) is 14.3. The standard InChI is InChI=1S/C15H13N3O3S/c19-13-6-4-9-8-10(3-5-11(9)16-13)14(20)17-18-15(21)12-2-1-7-22-12/h1-3,5,7-8H,4,6H2,(H,16,19)(H,17,20)(H,18,21). The van der Waals surface area contributed by atoms with Crippen LogP contribution in [-0.2, 0) is 11.2 Å². The van der Waals surface area contributed by atoms with E-state index in [-0.39, 0.29) is 11.8 Å². The maximum absolute atomic E-state index is 12.1. The van der Waals surface area contributed by atoms with E-state index in [1.54, 1.807) is 35.7 Å². The van der Waals surface area contributed by atoms with E-state index in [0.29, 0.717) is 23.3 Å². The Hall–Kier alpha value is -2.67. The van der Waals surface area contributed by atoms with E-state index < -0.39 is 5.91 Å². The first-order valence-electron chi connectivity index (χ1n) is 6.70. The minimum Gasteiger partial charge on any atom is -0.326 e. The summed E-state index contributed by atoms with van der Waals surface area (Å²) in [5.74, 6) is -0.772.